The van der Waals surface area contributed by atoms with Crippen molar-refractivity contribution in [1.29, 1.82) is 0 Å². The van der Waals surface area contributed by atoms with Gasteiger partial charge in [0.05, 0.1) is 15.6 Å². The Balaban J connectivity index is 1.75. The van der Waals surface area contributed by atoms with Gasteiger partial charge in [0.1, 0.15) is 0 Å². The van der Waals surface area contributed by atoms with Gasteiger partial charge < -0.3 is 10.6 Å². The maximum atomic E-state index is 12.7. The largest absolute Gasteiger partial charge is 0.325 e. The molecule has 32 heavy (non-hydrogen) atoms. The van der Waals surface area contributed by atoms with E-state index in [1.165, 1.54) is 12.1 Å². The standard InChI is InChI=1S/C24H28ClN3O4/c1-3-4-23(29)27-21-12-10-18(14-20(21)25)26-24(30)17-9-11-19(22(13-17)28(31)32)16-7-5-15(2)6-8-16/h9-16H,3-8H2,1-2H3,(H,26,30)(H,27,29). The number of nitro benzene ring substituents is 1. The smallest absolute Gasteiger partial charge is 0.273 e. The number of carbonyl (C=O) groups excluding carboxylic acids is 2. The zero-order valence-electron chi connectivity index (χ0n) is 18.3. The van der Waals surface area contributed by atoms with Gasteiger partial charge in [0.25, 0.3) is 11.6 Å². The van der Waals surface area contributed by atoms with Crippen LogP contribution in [-0.2, 0) is 4.79 Å². The molecule has 0 heterocycles. The number of anilines is 2. The molecule has 2 aromatic carbocycles. The molecule has 0 unspecified atom stereocenters. The Kier molecular flexibility index (Phi) is 7.85. The van der Waals surface area contributed by atoms with Crippen molar-refractivity contribution in [2.45, 2.75) is 58.3 Å². The fourth-order valence-electron chi connectivity index (χ4n) is 4.10. The number of hydrogen-bond acceptors (Lipinski definition) is 4. The Morgan fingerprint density at radius 3 is 2.44 bits per heavy atom. The SMILES string of the molecule is CCCC(=O)Nc1ccc(NC(=O)c2ccc(C3CCC(C)CC3)c([N+](=O)[O-])c2)cc1Cl. The van der Waals surface area contributed by atoms with E-state index in [4.69, 9.17) is 11.6 Å². The van der Waals surface area contributed by atoms with Gasteiger partial charge in [0, 0.05) is 29.3 Å². The predicted molar refractivity (Wildman–Crippen MR) is 126 cm³/mol. The highest BCUT2D eigenvalue weighted by Gasteiger charge is 2.27. The van der Waals surface area contributed by atoms with Crippen LogP contribution in [0.2, 0.25) is 5.02 Å². The van der Waals surface area contributed by atoms with E-state index in [1.54, 1.807) is 24.3 Å². The summed E-state index contributed by atoms with van der Waals surface area (Å²) >= 11 is 6.23. The summed E-state index contributed by atoms with van der Waals surface area (Å²) in [4.78, 5) is 35.8. The topological polar surface area (TPSA) is 101 Å². The first-order valence-corrected chi connectivity index (χ1v) is 11.3. The number of nitro groups is 1. The zero-order chi connectivity index (χ0) is 23.3. The molecule has 2 amide bonds. The summed E-state index contributed by atoms with van der Waals surface area (Å²) < 4.78 is 0. The van der Waals surface area contributed by atoms with Crippen LogP contribution in [0.25, 0.3) is 0 Å². The minimum absolute atomic E-state index is 0.00998. The summed E-state index contributed by atoms with van der Waals surface area (Å²) in [7, 11) is 0. The molecule has 0 aliphatic heterocycles. The monoisotopic (exact) mass is 457 g/mol. The number of benzene rings is 2. The van der Waals surface area contributed by atoms with Gasteiger partial charge in [0.15, 0.2) is 0 Å². The first-order valence-electron chi connectivity index (χ1n) is 11.0. The van der Waals surface area contributed by atoms with Crippen molar-refractivity contribution in [3.63, 3.8) is 0 Å². The summed E-state index contributed by atoms with van der Waals surface area (Å²) in [6.45, 7) is 4.11. The molecule has 0 aromatic heterocycles. The van der Waals surface area contributed by atoms with Crippen molar-refractivity contribution in [3.8, 4) is 0 Å². The molecule has 2 N–H and O–H groups in total. The first-order chi connectivity index (χ1) is 15.3. The molecule has 1 aliphatic carbocycles. The molecule has 7 nitrogen and oxygen atoms in total. The van der Waals surface area contributed by atoms with Gasteiger partial charge in [-0.3, -0.25) is 19.7 Å². The summed E-state index contributed by atoms with van der Waals surface area (Å²) in [5.41, 5.74) is 1.80. The average Bonchev–Trinajstić information content (AvgIpc) is 2.76. The zero-order valence-corrected chi connectivity index (χ0v) is 19.1. The minimum Gasteiger partial charge on any atom is -0.325 e. The Labute approximate surface area is 192 Å². The highest BCUT2D eigenvalue weighted by molar-refractivity contribution is 6.34. The molecule has 0 radical (unpaired) electrons. The molecule has 1 aliphatic rings. The third-order valence-electron chi connectivity index (χ3n) is 5.92. The van der Waals surface area contributed by atoms with Crippen molar-refractivity contribution in [1.82, 2.24) is 0 Å². The van der Waals surface area contributed by atoms with E-state index in [1.807, 2.05) is 6.92 Å². The predicted octanol–water partition coefficient (Wildman–Crippen LogP) is 6.53. The molecule has 0 bridgehead atoms. The number of carbonyl (C=O) groups is 2. The average molecular weight is 458 g/mol. The van der Waals surface area contributed by atoms with E-state index in [-0.39, 0.29) is 23.1 Å². The highest BCUT2D eigenvalue weighted by atomic mass is 35.5. The second kappa shape index (κ2) is 10.6. The second-order valence-corrected chi connectivity index (χ2v) is 8.84. The molecule has 1 saturated carbocycles. The molecule has 0 atom stereocenters. The Morgan fingerprint density at radius 2 is 1.81 bits per heavy atom. The third kappa shape index (κ3) is 5.85. The van der Waals surface area contributed by atoms with Crippen LogP contribution < -0.4 is 10.6 Å². The quantitative estimate of drug-likeness (QED) is 0.364. The van der Waals surface area contributed by atoms with Crippen LogP contribution in [0, 0.1) is 16.0 Å². The number of rotatable bonds is 7. The Morgan fingerprint density at radius 1 is 1.09 bits per heavy atom. The molecule has 0 spiro atoms. The number of halogens is 1. The fraction of sp³-hybridized carbons (Fsp3) is 0.417. The van der Waals surface area contributed by atoms with Gasteiger partial charge in [-0.25, -0.2) is 0 Å². The molecule has 8 heteroatoms. The van der Waals surface area contributed by atoms with Gasteiger partial charge in [-0.15, -0.1) is 0 Å². The normalized spacial score (nSPS) is 18.1. The maximum absolute atomic E-state index is 12.7. The lowest BCUT2D eigenvalue weighted by Crippen LogP contribution is -2.15. The van der Waals surface area contributed by atoms with E-state index in [2.05, 4.69) is 17.6 Å². The van der Waals surface area contributed by atoms with Crippen molar-refractivity contribution in [3.05, 3.63) is 62.7 Å². The number of amides is 2. The van der Waals surface area contributed by atoms with Crippen LogP contribution in [0.15, 0.2) is 36.4 Å². The van der Waals surface area contributed by atoms with E-state index < -0.39 is 10.8 Å². The van der Waals surface area contributed by atoms with E-state index in [9.17, 15) is 19.7 Å². The van der Waals surface area contributed by atoms with Crippen molar-refractivity contribution in [2.75, 3.05) is 10.6 Å². The molecule has 3 rings (SSSR count). The Hall–Kier alpha value is -2.93. The van der Waals surface area contributed by atoms with Gasteiger partial charge in [-0.2, -0.15) is 0 Å². The number of nitrogens with one attached hydrogen (secondary N) is 2. The molecule has 0 saturated heterocycles. The molecule has 170 valence electrons. The number of nitrogens with zero attached hydrogens (tertiary/aromatic N) is 1. The van der Waals surface area contributed by atoms with Gasteiger partial charge in [0.2, 0.25) is 5.91 Å². The van der Waals surface area contributed by atoms with Crippen LogP contribution >= 0.6 is 11.6 Å². The molecular weight excluding hydrogens is 430 g/mol. The van der Waals surface area contributed by atoms with Crippen molar-refractivity contribution in [2.24, 2.45) is 5.92 Å². The summed E-state index contributed by atoms with van der Waals surface area (Å²) in [5.74, 6) is 0.202. The lowest BCUT2D eigenvalue weighted by molar-refractivity contribution is -0.385. The second-order valence-electron chi connectivity index (χ2n) is 8.43. The van der Waals surface area contributed by atoms with Crippen LogP contribution in [0.5, 0.6) is 0 Å². The lowest BCUT2D eigenvalue weighted by Gasteiger charge is -2.26. The van der Waals surface area contributed by atoms with Gasteiger partial charge >= 0.3 is 0 Å². The summed E-state index contributed by atoms with van der Waals surface area (Å²) in [5, 5.41) is 17.4. The minimum atomic E-state index is -0.462. The van der Waals surface area contributed by atoms with Crippen LogP contribution in [0.1, 0.15) is 74.2 Å². The van der Waals surface area contributed by atoms with E-state index in [0.717, 1.165) is 32.1 Å². The van der Waals surface area contributed by atoms with Gasteiger partial charge in [-0.05, 0) is 55.4 Å². The summed E-state index contributed by atoms with van der Waals surface area (Å²) in [6.07, 6.45) is 5.08. The molecule has 1 fully saturated rings. The summed E-state index contributed by atoms with van der Waals surface area (Å²) in [6, 6.07) is 9.47. The lowest BCUT2D eigenvalue weighted by atomic mass is 9.79. The van der Waals surface area contributed by atoms with Crippen LogP contribution in [0.4, 0.5) is 17.1 Å². The van der Waals surface area contributed by atoms with E-state index >= 15 is 0 Å². The Bertz CT molecular complexity index is 1020. The van der Waals surface area contributed by atoms with Crippen LogP contribution in [-0.4, -0.2) is 16.7 Å². The van der Waals surface area contributed by atoms with E-state index in [0.29, 0.717) is 34.3 Å². The molecular formula is C24H28ClN3O4. The fourth-order valence-corrected chi connectivity index (χ4v) is 4.32. The van der Waals surface area contributed by atoms with Gasteiger partial charge in [-0.1, -0.05) is 44.4 Å². The van der Waals surface area contributed by atoms with Crippen molar-refractivity contribution >= 4 is 40.5 Å². The first kappa shape index (κ1) is 23.7. The maximum Gasteiger partial charge on any atom is 0.273 e. The van der Waals surface area contributed by atoms with Crippen molar-refractivity contribution < 1.29 is 14.5 Å². The highest BCUT2D eigenvalue weighted by Crippen LogP contribution is 2.39. The van der Waals surface area contributed by atoms with Crippen LogP contribution in [0.3, 0.4) is 0 Å². The number of hydrogen-bond donors (Lipinski definition) is 2. The third-order valence-corrected chi connectivity index (χ3v) is 6.24. The molecule has 2 aromatic rings.